The average molecular weight is 462 g/mol. The third-order valence-corrected chi connectivity index (χ3v) is 4.86. The van der Waals surface area contributed by atoms with Crippen LogP contribution in [-0.4, -0.2) is 29.9 Å². The topological polar surface area (TPSA) is 140 Å². The van der Waals surface area contributed by atoms with E-state index >= 15 is 0 Å². The van der Waals surface area contributed by atoms with E-state index in [1.54, 1.807) is 43.3 Å². The van der Waals surface area contributed by atoms with Crippen LogP contribution in [0.4, 0.5) is 21.9 Å². The van der Waals surface area contributed by atoms with E-state index in [0.717, 1.165) is 24.8 Å². The Morgan fingerprint density at radius 2 is 1.47 bits per heavy atom. The molecular formula is C24H22N4O6. The minimum Gasteiger partial charge on any atom is -0.465 e. The van der Waals surface area contributed by atoms with Gasteiger partial charge in [0.1, 0.15) is 0 Å². The van der Waals surface area contributed by atoms with Crippen LogP contribution in [0.5, 0.6) is 0 Å². The molecule has 1 unspecified atom stereocenters. The lowest BCUT2D eigenvalue weighted by Crippen LogP contribution is -2.27. The zero-order valence-corrected chi connectivity index (χ0v) is 18.4. The number of hydrogen-bond acceptors (Lipinski definition) is 6. The number of anilines is 2. The summed E-state index contributed by atoms with van der Waals surface area (Å²) in [5.74, 6) is -1.38. The molecule has 1 atom stereocenters. The molecule has 0 spiro atoms. The van der Waals surface area contributed by atoms with Gasteiger partial charge in [0, 0.05) is 29.1 Å². The Kier molecular flexibility index (Phi) is 7.55. The summed E-state index contributed by atoms with van der Waals surface area (Å²) >= 11 is 0. The standard InChI is InChI=1S/C24H22N4O6/c1-15(25-22(29)17-12-18(23(30)34-2)14-21(13-17)28(32)33)16-8-10-20(11-9-16)27-24(31)26-19-6-4-3-5-7-19/h3-15H,1-2H3,(H,25,29)(H2,26,27,31). The number of carbonyl (C=O) groups excluding carboxylic acids is 3. The number of hydrogen-bond donors (Lipinski definition) is 3. The smallest absolute Gasteiger partial charge is 0.338 e. The third-order valence-electron chi connectivity index (χ3n) is 4.86. The van der Waals surface area contributed by atoms with Crippen LogP contribution in [-0.2, 0) is 4.74 Å². The van der Waals surface area contributed by atoms with Crippen LogP contribution in [0.15, 0.2) is 72.8 Å². The summed E-state index contributed by atoms with van der Waals surface area (Å²) in [6, 6.07) is 18.4. The van der Waals surface area contributed by atoms with Crippen LogP contribution in [0.2, 0.25) is 0 Å². The highest BCUT2D eigenvalue weighted by molar-refractivity contribution is 6.00. The number of nitrogens with one attached hydrogen (secondary N) is 3. The lowest BCUT2D eigenvalue weighted by atomic mass is 10.1. The van der Waals surface area contributed by atoms with E-state index in [2.05, 4.69) is 20.7 Å². The van der Waals surface area contributed by atoms with Gasteiger partial charge >= 0.3 is 12.0 Å². The van der Waals surface area contributed by atoms with Gasteiger partial charge < -0.3 is 20.7 Å². The van der Waals surface area contributed by atoms with E-state index in [-0.39, 0.29) is 11.1 Å². The van der Waals surface area contributed by atoms with E-state index in [0.29, 0.717) is 11.4 Å². The number of para-hydroxylation sites is 1. The first-order valence-corrected chi connectivity index (χ1v) is 10.2. The van der Waals surface area contributed by atoms with Crippen molar-refractivity contribution in [3.8, 4) is 0 Å². The Balaban J connectivity index is 1.66. The summed E-state index contributed by atoms with van der Waals surface area (Å²) in [6.07, 6.45) is 0. The molecule has 174 valence electrons. The number of carbonyl (C=O) groups is 3. The minimum absolute atomic E-state index is 0.0441. The average Bonchev–Trinajstić information content (AvgIpc) is 2.84. The highest BCUT2D eigenvalue weighted by Crippen LogP contribution is 2.21. The molecule has 3 aromatic rings. The van der Waals surface area contributed by atoms with E-state index in [9.17, 15) is 24.5 Å². The maximum absolute atomic E-state index is 12.7. The number of non-ortho nitro benzene ring substituents is 1. The van der Waals surface area contributed by atoms with Gasteiger partial charge in [-0.25, -0.2) is 9.59 Å². The fourth-order valence-electron chi connectivity index (χ4n) is 3.12. The van der Waals surface area contributed by atoms with Crippen LogP contribution in [0.3, 0.4) is 0 Å². The van der Waals surface area contributed by atoms with Gasteiger partial charge in [-0.2, -0.15) is 0 Å². The molecule has 0 heterocycles. The van der Waals surface area contributed by atoms with Gasteiger partial charge in [0.2, 0.25) is 0 Å². The SMILES string of the molecule is COC(=O)c1cc(C(=O)NC(C)c2ccc(NC(=O)Nc3ccccc3)cc2)cc([N+](=O)[O-])c1. The van der Waals surface area contributed by atoms with Crippen molar-refractivity contribution in [1.82, 2.24) is 5.32 Å². The zero-order chi connectivity index (χ0) is 24.7. The maximum atomic E-state index is 12.7. The van der Waals surface area contributed by atoms with Crippen LogP contribution in [0.25, 0.3) is 0 Å². The van der Waals surface area contributed by atoms with Gasteiger partial charge in [-0.3, -0.25) is 14.9 Å². The molecule has 0 fully saturated rings. The summed E-state index contributed by atoms with van der Waals surface area (Å²) in [4.78, 5) is 47.1. The monoisotopic (exact) mass is 462 g/mol. The van der Waals surface area contributed by atoms with Crippen molar-refractivity contribution in [1.29, 1.82) is 0 Å². The van der Waals surface area contributed by atoms with Gasteiger partial charge in [-0.05, 0) is 42.8 Å². The van der Waals surface area contributed by atoms with E-state index in [1.807, 2.05) is 18.2 Å². The zero-order valence-electron chi connectivity index (χ0n) is 18.4. The van der Waals surface area contributed by atoms with Gasteiger partial charge in [0.15, 0.2) is 0 Å². The van der Waals surface area contributed by atoms with Crippen molar-refractivity contribution >= 4 is 35.0 Å². The normalized spacial score (nSPS) is 11.1. The predicted octanol–water partition coefficient (Wildman–Crippen LogP) is 4.52. The summed E-state index contributed by atoms with van der Waals surface area (Å²) in [7, 11) is 1.15. The lowest BCUT2D eigenvalue weighted by Gasteiger charge is -2.15. The molecule has 3 N–H and O–H groups in total. The number of urea groups is 1. The summed E-state index contributed by atoms with van der Waals surface area (Å²) in [6.45, 7) is 1.74. The Bertz CT molecular complexity index is 1210. The van der Waals surface area contributed by atoms with Gasteiger partial charge in [0.25, 0.3) is 11.6 Å². The molecule has 0 saturated carbocycles. The number of rotatable bonds is 7. The quantitative estimate of drug-likeness (QED) is 0.268. The molecule has 0 aliphatic heterocycles. The fraction of sp³-hybridized carbons (Fsp3) is 0.125. The molecule has 3 aromatic carbocycles. The Morgan fingerprint density at radius 1 is 0.882 bits per heavy atom. The minimum atomic E-state index is -0.787. The predicted molar refractivity (Wildman–Crippen MR) is 126 cm³/mol. The summed E-state index contributed by atoms with van der Waals surface area (Å²) in [5, 5.41) is 19.4. The largest absolute Gasteiger partial charge is 0.465 e. The van der Waals surface area contributed by atoms with Gasteiger partial charge in [-0.15, -0.1) is 0 Å². The number of nitrogens with zero attached hydrogens (tertiary/aromatic N) is 1. The van der Waals surface area contributed by atoms with E-state index in [4.69, 9.17) is 0 Å². The number of ether oxygens (including phenoxy) is 1. The van der Waals surface area contributed by atoms with Crippen molar-refractivity contribution in [2.24, 2.45) is 0 Å². The van der Waals surface area contributed by atoms with Crippen LogP contribution >= 0.6 is 0 Å². The second-order valence-electron chi connectivity index (χ2n) is 7.28. The molecule has 10 heteroatoms. The molecule has 34 heavy (non-hydrogen) atoms. The molecule has 0 aliphatic carbocycles. The van der Waals surface area contributed by atoms with Crippen molar-refractivity contribution in [3.05, 3.63) is 99.6 Å². The molecule has 0 saturated heterocycles. The third kappa shape index (κ3) is 6.16. The van der Waals surface area contributed by atoms with Gasteiger partial charge in [0.05, 0.1) is 23.6 Å². The molecular weight excluding hydrogens is 440 g/mol. The molecule has 10 nitrogen and oxygen atoms in total. The number of esters is 1. The van der Waals surface area contributed by atoms with E-state index < -0.39 is 34.6 Å². The van der Waals surface area contributed by atoms with Crippen LogP contribution in [0.1, 0.15) is 39.2 Å². The highest BCUT2D eigenvalue weighted by Gasteiger charge is 2.20. The molecule has 3 amide bonds. The first kappa shape index (κ1) is 23.9. The second-order valence-corrected chi connectivity index (χ2v) is 7.28. The van der Waals surface area contributed by atoms with Crippen LogP contribution < -0.4 is 16.0 Å². The lowest BCUT2D eigenvalue weighted by molar-refractivity contribution is -0.384. The van der Waals surface area contributed by atoms with Crippen molar-refractivity contribution < 1.29 is 24.0 Å². The number of nitro groups is 1. The first-order valence-electron chi connectivity index (χ1n) is 10.2. The number of benzene rings is 3. The summed E-state index contributed by atoms with van der Waals surface area (Å²) in [5.41, 5.74) is 1.41. The second kappa shape index (κ2) is 10.7. The fourth-order valence-corrected chi connectivity index (χ4v) is 3.12. The Morgan fingerprint density at radius 3 is 2.06 bits per heavy atom. The summed E-state index contributed by atoms with van der Waals surface area (Å²) < 4.78 is 4.60. The molecule has 0 aromatic heterocycles. The number of amides is 3. The van der Waals surface area contributed by atoms with Gasteiger partial charge in [-0.1, -0.05) is 30.3 Å². The first-order chi connectivity index (χ1) is 16.3. The Labute approximate surface area is 195 Å². The van der Waals surface area contributed by atoms with E-state index in [1.165, 1.54) is 6.07 Å². The Hall–Kier alpha value is -4.73. The van der Waals surface area contributed by atoms with Crippen molar-refractivity contribution in [2.75, 3.05) is 17.7 Å². The number of nitro benzene ring substituents is 1. The highest BCUT2D eigenvalue weighted by atomic mass is 16.6. The molecule has 0 radical (unpaired) electrons. The van der Waals surface area contributed by atoms with Crippen molar-refractivity contribution in [3.63, 3.8) is 0 Å². The van der Waals surface area contributed by atoms with Crippen LogP contribution in [0, 0.1) is 10.1 Å². The maximum Gasteiger partial charge on any atom is 0.338 e. The number of methoxy groups -OCH3 is 1. The molecule has 3 rings (SSSR count). The molecule has 0 bridgehead atoms. The molecule has 0 aliphatic rings. The van der Waals surface area contributed by atoms with Crippen molar-refractivity contribution in [2.45, 2.75) is 13.0 Å².